The van der Waals surface area contributed by atoms with Crippen LogP contribution in [0.15, 0.2) is 36.4 Å². The van der Waals surface area contributed by atoms with Crippen LogP contribution in [0.5, 0.6) is 11.5 Å². The molecule has 2 N–H and O–H groups in total. The molecule has 2 aromatic carbocycles. The lowest BCUT2D eigenvalue weighted by molar-refractivity contribution is -0.118. The smallest absolute Gasteiger partial charge is 0.253 e. The van der Waals surface area contributed by atoms with Crippen LogP contribution >= 0.6 is 34.7 Å². The number of carbonyl (C=O) groups is 2. The topological polar surface area (TPSA) is 89.6 Å². The zero-order valence-electron chi connectivity index (χ0n) is 16.6. The zero-order valence-corrected chi connectivity index (χ0v) is 19.0. The van der Waals surface area contributed by atoms with Crippen molar-refractivity contribution >= 4 is 61.9 Å². The Morgan fingerprint density at radius 1 is 1.23 bits per heavy atom. The Morgan fingerprint density at radius 3 is 2.71 bits per heavy atom. The van der Waals surface area contributed by atoms with Gasteiger partial charge in [-0.25, -0.2) is 4.98 Å². The Morgan fingerprint density at radius 2 is 1.97 bits per heavy atom. The number of benzene rings is 2. The second-order valence-electron chi connectivity index (χ2n) is 6.76. The molecule has 0 bridgehead atoms. The number of amides is 2. The van der Waals surface area contributed by atoms with E-state index in [9.17, 15) is 9.59 Å². The number of hydrogen-bond donors (Lipinski definition) is 2. The van der Waals surface area contributed by atoms with Crippen LogP contribution in [0.1, 0.15) is 16.8 Å². The van der Waals surface area contributed by atoms with E-state index in [0.717, 1.165) is 4.70 Å². The average Bonchev–Trinajstić information content (AvgIpc) is 3.15. The Labute approximate surface area is 192 Å². The molecule has 162 valence electrons. The Balaban J connectivity index is 1.50. The van der Waals surface area contributed by atoms with Crippen molar-refractivity contribution < 1.29 is 19.1 Å². The van der Waals surface area contributed by atoms with Crippen LogP contribution in [0.3, 0.4) is 0 Å². The van der Waals surface area contributed by atoms with Gasteiger partial charge in [-0.2, -0.15) is 11.8 Å². The summed E-state index contributed by atoms with van der Waals surface area (Å²) in [6, 6.07) is 9.69. The van der Waals surface area contributed by atoms with Gasteiger partial charge in [0.15, 0.2) is 16.6 Å². The van der Waals surface area contributed by atoms with Crippen LogP contribution in [0.4, 0.5) is 5.13 Å². The van der Waals surface area contributed by atoms with E-state index in [1.807, 2.05) is 12.3 Å². The molecule has 1 atom stereocenters. The molecule has 2 heterocycles. The van der Waals surface area contributed by atoms with Crippen molar-refractivity contribution in [2.75, 3.05) is 30.5 Å². The minimum Gasteiger partial charge on any atom is -0.486 e. The summed E-state index contributed by atoms with van der Waals surface area (Å²) in [7, 11) is 0. The molecule has 10 heteroatoms. The van der Waals surface area contributed by atoms with E-state index < -0.39 is 11.9 Å². The highest BCUT2D eigenvalue weighted by atomic mass is 35.5. The summed E-state index contributed by atoms with van der Waals surface area (Å²) in [5, 5.41) is 6.41. The molecule has 7 nitrogen and oxygen atoms in total. The van der Waals surface area contributed by atoms with Crippen LogP contribution in [-0.2, 0) is 4.79 Å². The molecular formula is C21H20ClN3O4S2. The van der Waals surface area contributed by atoms with Gasteiger partial charge in [0.25, 0.3) is 5.91 Å². The average molecular weight is 478 g/mol. The third kappa shape index (κ3) is 5.06. The molecular weight excluding hydrogens is 458 g/mol. The molecule has 0 saturated heterocycles. The second kappa shape index (κ2) is 9.76. The maximum Gasteiger partial charge on any atom is 0.253 e. The first-order valence-corrected chi connectivity index (χ1v) is 12.2. The Kier molecular flexibility index (Phi) is 6.84. The summed E-state index contributed by atoms with van der Waals surface area (Å²) in [6.45, 7) is 0.998. The number of halogens is 1. The number of carbonyl (C=O) groups excluding carboxylic acids is 2. The summed E-state index contributed by atoms with van der Waals surface area (Å²) in [5.41, 5.74) is 1.04. The van der Waals surface area contributed by atoms with Crippen molar-refractivity contribution in [3.05, 3.63) is 47.0 Å². The van der Waals surface area contributed by atoms with E-state index in [2.05, 4.69) is 15.6 Å². The zero-order chi connectivity index (χ0) is 21.8. The molecule has 1 aliphatic rings. The highest BCUT2D eigenvalue weighted by Crippen LogP contribution is 2.37. The fourth-order valence-corrected chi connectivity index (χ4v) is 4.67. The van der Waals surface area contributed by atoms with Gasteiger partial charge in [-0.1, -0.05) is 35.1 Å². The van der Waals surface area contributed by atoms with Gasteiger partial charge in [0.2, 0.25) is 5.91 Å². The van der Waals surface area contributed by atoms with Crippen molar-refractivity contribution in [2.45, 2.75) is 12.5 Å². The monoisotopic (exact) mass is 477 g/mol. The first-order chi connectivity index (χ1) is 15.0. The largest absolute Gasteiger partial charge is 0.486 e. The van der Waals surface area contributed by atoms with Crippen molar-refractivity contribution in [1.29, 1.82) is 0 Å². The number of aromatic nitrogens is 1. The second-order valence-corrected chi connectivity index (χ2v) is 9.18. The first kappa shape index (κ1) is 21.7. The number of rotatable bonds is 7. The lowest BCUT2D eigenvalue weighted by atomic mass is 10.1. The number of ether oxygens (including phenoxy) is 2. The molecule has 0 spiro atoms. The van der Waals surface area contributed by atoms with Crippen LogP contribution in [0, 0.1) is 0 Å². The van der Waals surface area contributed by atoms with Gasteiger partial charge in [-0.05, 0) is 30.6 Å². The molecule has 31 heavy (non-hydrogen) atoms. The van der Waals surface area contributed by atoms with Gasteiger partial charge in [0.05, 0.1) is 20.8 Å². The molecule has 2 amide bonds. The highest BCUT2D eigenvalue weighted by Gasteiger charge is 2.24. The summed E-state index contributed by atoms with van der Waals surface area (Å²) >= 11 is 9.06. The van der Waals surface area contributed by atoms with Crippen molar-refractivity contribution in [3.8, 4) is 11.5 Å². The van der Waals surface area contributed by atoms with Crippen LogP contribution in [0.2, 0.25) is 5.02 Å². The van der Waals surface area contributed by atoms with Crippen molar-refractivity contribution in [3.63, 3.8) is 0 Å². The normalized spacial score (nSPS) is 13.6. The molecule has 0 fully saturated rings. The van der Waals surface area contributed by atoms with Gasteiger partial charge in [0.1, 0.15) is 19.3 Å². The molecule has 1 aliphatic heterocycles. The number of thioether (sulfide) groups is 1. The van der Waals surface area contributed by atoms with E-state index in [0.29, 0.717) is 58.1 Å². The number of thiazole rings is 1. The van der Waals surface area contributed by atoms with Crippen molar-refractivity contribution in [2.24, 2.45) is 0 Å². The van der Waals surface area contributed by atoms with Crippen LogP contribution in [0.25, 0.3) is 10.2 Å². The molecule has 0 aliphatic carbocycles. The first-order valence-electron chi connectivity index (χ1n) is 9.60. The summed E-state index contributed by atoms with van der Waals surface area (Å²) in [4.78, 5) is 30.1. The van der Waals surface area contributed by atoms with Gasteiger partial charge in [-0.15, -0.1) is 0 Å². The van der Waals surface area contributed by atoms with E-state index in [1.165, 1.54) is 11.3 Å². The van der Waals surface area contributed by atoms with E-state index in [1.54, 1.807) is 42.1 Å². The SMILES string of the molecule is CSCCC(NC(=O)c1ccccc1Cl)C(=O)Nc1nc2cc3c(cc2s1)OCCO3. The van der Waals surface area contributed by atoms with E-state index in [-0.39, 0.29) is 5.91 Å². The third-order valence-corrected chi connectivity index (χ3v) is 6.54. The molecule has 0 radical (unpaired) electrons. The number of nitrogens with zero attached hydrogens (tertiary/aromatic N) is 1. The number of anilines is 1. The maximum absolute atomic E-state index is 13.0. The molecule has 0 saturated carbocycles. The summed E-state index contributed by atoms with van der Waals surface area (Å²) < 4.78 is 12.1. The van der Waals surface area contributed by atoms with Gasteiger partial charge in [-0.3, -0.25) is 9.59 Å². The predicted molar refractivity (Wildman–Crippen MR) is 125 cm³/mol. The predicted octanol–water partition coefficient (Wildman–Crippen LogP) is 4.21. The Hall–Kier alpha value is -2.49. The van der Waals surface area contributed by atoms with E-state index >= 15 is 0 Å². The number of nitrogens with one attached hydrogen (secondary N) is 2. The molecule has 1 unspecified atom stereocenters. The quantitative estimate of drug-likeness (QED) is 0.529. The van der Waals surface area contributed by atoms with Gasteiger partial charge in [0, 0.05) is 12.1 Å². The van der Waals surface area contributed by atoms with Gasteiger partial charge < -0.3 is 20.1 Å². The maximum atomic E-state index is 13.0. The standard InChI is InChI=1S/C21H20ClN3O4S2/c1-30-9-6-14(23-19(26)12-4-2-3-5-13(12)22)20(27)25-21-24-15-10-16-17(11-18(15)31-21)29-8-7-28-16/h2-5,10-11,14H,6-9H2,1H3,(H,23,26)(H,24,25,27). The molecule has 1 aromatic heterocycles. The highest BCUT2D eigenvalue weighted by molar-refractivity contribution is 7.98. The van der Waals surface area contributed by atoms with Crippen LogP contribution in [-0.4, -0.2) is 48.1 Å². The number of fused-ring (bicyclic) bond motifs is 2. The molecule has 4 rings (SSSR count). The van der Waals surface area contributed by atoms with Crippen molar-refractivity contribution in [1.82, 2.24) is 10.3 Å². The molecule has 3 aromatic rings. The lowest BCUT2D eigenvalue weighted by Gasteiger charge is -2.17. The number of hydrogen-bond acceptors (Lipinski definition) is 7. The summed E-state index contributed by atoms with van der Waals surface area (Å²) in [5.74, 6) is 1.31. The lowest BCUT2D eigenvalue weighted by Crippen LogP contribution is -2.44. The van der Waals surface area contributed by atoms with E-state index in [4.69, 9.17) is 21.1 Å². The fraction of sp³-hybridized carbons (Fsp3) is 0.286. The Bertz CT molecular complexity index is 1080. The fourth-order valence-electron chi connectivity index (χ4n) is 3.10. The van der Waals surface area contributed by atoms with Gasteiger partial charge >= 0.3 is 0 Å². The minimum absolute atomic E-state index is 0.328. The summed E-state index contributed by atoms with van der Waals surface area (Å²) in [6.07, 6.45) is 2.42. The van der Waals surface area contributed by atoms with Crippen LogP contribution < -0.4 is 20.1 Å². The third-order valence-electron chi connectivity index (χ3n) is 4.63. The minimum atomic E-state index is -0.719.